The van der Waals surface area contributed by atoms with Crippen molar-refractivity contribution in [1.82, 2.24) is 9.80 Å². The van der Waals surface area contributed by atoms with E-state index in [0.717, 1.165) is 58.3 Å². The lowest BCUT2D eigenvalue weighted by molar-refractivity contribution is -0.128. The molecule has 0 spiro atoms. The zero-order valence-electron chi connectivity index (χ0n) is 18.3. The fraction of sp³-hybridized carbons (Fsp3) is 0.909. The van der Waals surface area contributed by atoms with E-state index in [4.69, 9.17) is 4.74 Å². The van der Waals surface area contributed by atoms with E-state index in [1.807, 2.05) is 23.6 Å². The van der Waals surface area contributed by atoms with Gasteiger partial charge in [0.2, 0.25) is 5.91 Å². The standard InChI is InChI=1S/C22H40N2O3/c1-7-18(20-10-12-23(15-20)17(4)25)8-11-22(5,6)27-21(26)24-13-9-19(14-24)16(2)3/h16,18-20H,7-15H2,1-6H3/t18?,19-,20-/m1/s1. The van der Waals surface area contributed by atoms with E-state index in [1.165, 1.54) is 0 Å². The molecule has 0 radical (unpaired) electrons. The lowest BCUT2D eigenvalue weighted by Crippen LogP contribution is -2.37. The summed E-state index contributed by atoms with van der Waals surface area (Å²) in [4.78, 5) is 28.0. The Morgan fingerprint density at radius 2 is 1.67 bits per heavy atom. The van der Waals surface area contributed by atoms with E-state index in [-0.39, 0.29) is 12.0 Å². The molecule has 2 amide bonds. The summed E-state index contributed by atoms with van der Waals surface area (Å²) in [6.07, 6.45) is 5.06. The van der Waals surface area contributed by atoms with E-state index in [1.54, 1.807) is 6.92 Å². The molecule has 5 heteroatoms. The van der Waals surface area contributed by atoms with E-state index in [9.17, 15) is 9.59 Å². The van der Waals surface area contributed by atoms with Gasteiger partial charge in [0.05, 0.1) is 0 Å². The molecule has 0 saturated carbocycles. The lowest BCUT2D eigenvalue weighted by atomic mass is 9.83. The lowest BCUT2D eigenvalue weighted by Gasteiger charge is -2.31. The largest absolute Gasteiger partial charge is 0.443 e. The topological polar surface area (TPSA) is 49.9 Å². The van der Waals surface area contributed by atoms with Crippen LogP contribution in [0.25, 0.3) is 0 Å². The molecular formula is C22H40N2O3. The minimum absolute atomic E-state index is 0.153. The van der Waals surface area contributed by atoms with Gasteiger partial charge in [0.25, 0.3) is 0 Å². The molecule has 0 aromatic heterocycles. The zero-order chi connectivity index (χ0) is 20.2. The maximum Gasteiger partial charge on any atom is 0.410 e. The Kier molecular flexibility index (Phi) is 7.58. The van der Waals surface area contributed by atoms with Crippen molar-refractivity contribution in [1.29, 1.82) is 0 Å². The van der Waals surface area contributed by atoms with Crippen LogP contribution in [0.15, 0.2) is 0 Å². The smallest absolute Gasteiger partial charge is 0.410 e. The Morgan fingerprint density at radius 1 is 1.07 bits per heavy atom. The number of hydrogen-bond acceptors (Lipinski definition) is 3. The van der Waals surface area contributed by atoms with Gasteiger partial charge in [-0.25, -0.2) is 4.79 Å². The molecule has 0 N–H and O–H groups in total. The minimum Gasteiger partial charge on any atom is -0.443 e. The first-order valence-corrected chi connectivity index (χ1v) is 10.9. The second-order valence-electron chi connectivity index (χ2n) is 9.59. The van der Waals surface area contributed by atoms with Gasteiger partial charge in [-0.2, -0.15) is 0 Å². The second-order valence-corrected chi connectivity index (χ2v) is 9.59. The molecule has 2 aliphatic heterocycles. The first-order valence-electron chi connectivity index (χ1n) is 10.9. The number of ether oxygens (including phenoxy) is 1. The molecule has 156 valence electrons. The van der Waals surface area contributed by atoms with Crippen LogP contribution >= 0.6 is 0 Å². The summed E-state index contributed by atoms with van der Waals surface area (Å²) in [6.45, 7) is 15.8. The van der Waals surface area contributed by atoms with Crippen molar-refractivity contribution in [2.24, 2.45) is 23.7 Å². The van der Waals surface area contributed by atoms with Gasteiger partial charge in [-0.1, -0.05) is 27.2 Å². The fourth-order valence-corrected chi connectivity index (χ4v) is 4.61. The number of amides is 2. The van der Waals surface area contributed by atoms with E-state index in [0.29, 0.717) is 23.7 Å². The number of rotatable bonds is 7. The summed E-state index contributed by atoms with van der Waals surface area (Å²) in [5.74, 6) is 2.56. The van der Waals surface area contributed by atoms with Crippen molar-refractivity contribution < 1.29 is 14.3 Å². The van der Waals surface area contributed by atoms with E-state index in [2.05, 4.69) is 20.8 Å². The molecule has 0 aromatic rings. The van der Waals surface area contributed by atoms with Gasteiger partial charge in [-0.3, -0.25) is 4.79 Å². The maximum atomic E-state index is 12.6. The van der Waals surface area contributed by atoms with Gasteiger partial charge in [-0.15, -0.1) is 0 Å². The first-order chi connectivity index (χ1) is 12.6. The van der Waals surface area contributed by atoms with Crippen LogP contribution in [0.5, 0.6) is 0 Å². The molecule has 3 atom stereocenters. The monoisotopic (exact) mass is 380 g/mol. The molecule has 2 rings (SSSR count). The summed E-state index contributed by atoms with van der Waals surface area (Å²) in [5.41, 5.74) is -0.445. The first kappa shape index (κ1) is 22.0. The highest BCUT2D eigenvalue weighted by Gasteiger charge is 2.34. The summed E-state index contributed by atoms with van der Waals surface area (Å²) < 4.78 is 5.89. The van der Waals surface area contributed by atoms with Gasteiger partial charge in [0.15, 0.2) is 0 Å². The summed E-state index contributed by atoms with van der Waals surface area (Å²) in [7, 11) is 0. The molecule has 2 aliphatic rings. The van der Waals surface area contributed by atoms with E-state index >= 15 is 0 Å². The normalized spacial score (nSPS) is 24.6. The maximum absolute atomic E-state index is 12.6. The molecule has 5 nitrogen and oxygen atoms in total. The predicted octanol–water partition coefficient (Wildman–Crippen LogP) is 4.55. The molecule has 27 heavy (non-hydrogen) atoms. The van der Waals surface area contributed by atoms with Crippen LogP contribution in [-0.2, 0) is 9.53 Å². The van der Waals surface area contributed by atoms with Crippen molar-refractivity contribution in [3.8, 4) is 0 Å². The van der Waals surface area contributed by atoms with Gasteiger partial charge >= 0.3 is 6.09 Å². The third-order valence-corrected chi connectivity index (χ3v) is 6.77. The van der Waals surface area contributed by atoms with Gasteiger partial charge < -0.3 is 14.5 Å². The van der Waals surface area contributed by atoms with Crippen LogP contribution in [0.3, 0.4) is 0 Å². The van der Waals surface area contributed by atoms with Crippen LogP contribution in [0.1, 0.15) is 73.6 Å². The average molecular weight is 381 g/mol. The fourth-order valence-electron chi connectivity index (χ4n) is 4.61. The predicted molar refractivity (Wildman–Crippen MR) is 108 cm³/mol. The molecule has 0 bridgehead atoms. The summed E-state index contributed by atoms with van der Waals surface area (Å²) >= 11 is 0. The zero-order valence-corrected chi connectivity index (χ0v) is 18.3. The molecule has 2 fully saturated rings. The van der Waals surface area contributed by atoms with Crippen molar-refractivity contribution >= 4 is 12.0 Å². The van der Waals surface area contributed by atoms with Gasteiger partial charge in [0, 0.05) is 33.1 Å². The molecule has 2 heterocycles. The van der Waals surface area contributed by atoms with Gasteiger partial charge in [-0.05, 0) is 63.2 Å². The number of carbonyl (C=O) groups excluding carboxylic acids is 2. The molecule has 1 unspecified atom stereocenters. The number of carbonyl (C=O) groups is 2. The summed E-state index contributed by atoms with van der Waals surface area (Å²) in [5, 5.41) is 0. The quantitative estimate of drug-likeness (QED) is 0.651. The van der Waals surface area contributed by atoms with Crippen LogP contribution in [0, 0.1) is 23.7 Å². The van der Waals surface area contributed by atoms with E-state index < -0.39 is 5.60 Å². The number of likely N-dealkylation sites (tertiary alicyclic amines) is 2. The number of nitrogens with zero attached hydrogens (tertiary/aromatic N) is 2. The second kappa shape index (κ2) is 9.29. The third kappa shape index (κ3) is 6.11. The minimum atomic E-state index is -0.445. The van der Waals surface area contributed by atoms with Crippen LogP contribution in [-0.4, -0.2) is 53.6 Å². The van der Waals surface area contributed by atoms with Crippen molar-refractivity contribution in [3.63, 3.8) is 0 Å². The van der Waals surface area contributed by atoms with Crippen LogP contribution in [0.2, 0.25) is 0 Å². The highest BCUT2D eigenvalue weighted by atomic mass is 16.6. The van der Waals surface area contributed by atoms with Crippen LogP contribution in [0.4, 0.5) is 4.79 Å². The highest BCUT2D eigenvalue weighted by Crippen LogP contribution is 2.33. The average Bonchev–Trinajstić information content (AvgIpc) is 3.25. The Bertz CT molecular complexity index is 518. The van der Waals surface area contributed by atoms with Gasteiger partial charge in [0.1, 0.15) is 5.60 Å². The Hall–Kier alpha value is -1.26. The van der Waals surface area contributed by atoms with Crippen LogP contribution < -0.4 is 0 Å². The molecule has 2 saturated heterocycles. The SMILES string of the molecule is CCC(CCC(C)(C)OC(=O)N1CC[C@@H](C(C)C)C1)[C@@H]1CCN(C(C)=O)C1. The molecule has 0 aliphatic carbocycles. The Morgan fingerprint density at radius 3 is 2.19 bits per heavy atom. The van der Waals surface area contributed by atoms with Crippen molar-refractivity contribution in [2.75, 3.05) is 26.2 Å². The van der Waals surface area contributed by atoms with Crippen molar-refractivity contribution in [2.45, 2.75) is 79.2 Å². The third-order valence-electron chi connectivity index (χ3n) is 6.77. The number of hydrogen-bond donors (Lipinski definition) is 0. The highest BCUT2D eigenvalue weighted by molar-refractivity contribution is 5.73. The van der Waals surface area contributed by atoms with Crippen molar-refractivity contribution in [3.05, 3.63) is 0 Å². The Labute approximate surface area is 165 Å². The molecule has 0 aromatic carbocycles. The molecular weight excluding hydrogens is 340 g/mol. The summed E-state index contributed by atoms with van der Waals surface area (Å²) in [6, 6.07) is 0. The Balaban J connectivity index is 1.81.